The van der Waals surface area contributed by atoms with Crippen LogP contribution in [-0.4, -0.2) is 55.3 Å². The van der Waals surface area contributed by atoms with Gasteiger partial charge in [-0.25, -0.2) is 4.79 Å². The average molecular weight is 548 g/mol. The number of furan rings is 1. The Hall–Kier alpha value is -4.19. The Morgan fingerprint density at radius 2 is 1.77 bits per heavy atom. The molecular formula is C27H28F3N3O6. The fourth-order valence-corrected chi connectivity index (χ4v) is 4.00. The molecule has 39 heavy (non-hydrogen) atoms. The van der Waals surface area contributed by atoms with Gasteiger partial charge in [-0.2, -0.15) is 13.2 Å². The highest BCUT2D eigenvalue weighted by molar-refractivity contribution is 5.93. The third kappa shape index (κ3) is 7.23. The van der Waals surface area contributed by atoms with Crippen molar-refractivity contribution in [2.75, 3.05) is 38.9 Å². The van der Waals surface area contributed by atoms with Crippen LogP contribution in [0.3, 0.4) is 0 Å². The summed E-state index contributed by atoms with van der Waals surface area (Å²) in [7, 11) is 1.42. The molecule has 0 unspecified atom stereocenters. The number of anilines is 1. The van der Waals surface area contributed by atoms with Crippen LogP contribution in [0.25, 0.3) is 0 Å². The molecule has 0 spiro atoms. The lowest BCUT2D eigenvalue weighted by molar-refractivity contribution is -0.137. The zero-order valence-electron chi connectivity index (χ0n) is 21.4. The Morgan fingerprint density at radius 3 is 2.49 bits per heavy atom. The lowest BCUT2D eigenvalue weighted by Gasteiger charge is -2.28. The van der Waals surface area contributed by atoms with Crippen LogP contribution in [0.2, 0.25) is 0 Å². The monoisotopic (exact) mass is 547 g/mol. The number of rotatable bonds is 10. The van der Waals surface area contributed by atoms with Crippen LogP contribution < -0.4 is 14.8 Å². The Bertz CT molecular complexity index is 1310. The van der Waals surface area contributed by atoms with Crippen LogP contribution in [-0.2, 0) is 28.8 Å². The van der Waals surface area contributed by atoms with Crippen molar-refractivity contribution in [3.8, 4) is 11.5 Å². The lowest BCUT2D eigenvalue weighted by atomic mass is 10.1. The molecular weight excluding hydrogens is 519 g/mol. The first kappa shape index (κ1) is 27.8. The number of nitrogens with one attached hydrogen (secondary N) is 1. The van der Waals surface area contributed by atoms with Crippen LogP contribution in [0, 0.1) is 6.92 Å². The molecule has 0 saturated heterocycles. The van der Waals surface area contributed by atoms with Crippen molar-refractivity contribution < 1.29 is 41.4 Å². The number of alkyl halides is 3. The largest absolute Gasteiger partial charge is 0.464 e. The highest BCUT2D eigenvalue weighted by Gasteiger charge is 2.34. The average Bonchev–Trinajstić information content (AvgIpc) is 3.53. The third-order valence-electron chi connectivity index (χ3n) is 5.96. The lowest BCUT2D eigenvalue weighted by Crippen LogP contribution is -2.45. The molecule has 0 saturated carbocycles. The van der Waals surface area contributed by atoms with Crippen LogP contribution >= 0.6 is 0 Å². The number of ether oxygens (including phenoxy) is 3. The first-order valence-corrected chi connectivity index (χ1v) is 12.1. The van der Waals surface area contributed by atoms with Gasteiger partial charge in [-0.1, -0.05) is 18.2 Å². The molecule has 3 aromatic rings. The van der Waals surface area contributed by atoms with Crippen LogP contribution in [0.15, 0.2) is 59.0 Å². The molecule has 0 aliphatic carbocycles. The summed E-state index contributed by atoms with van der Waals surface area (Å²) in [5.74, 6) is 1.91. The maximum atomic E-state index is 13.5. The Balaban J connectivity index is 1.54. The standard InChI is InChI=1S/C27H28F3N3O6/c1-18-7-9-20(39-18)15-33(14-19-8-10-23-24(13-19)38-17-37-23)25(34)16-32(11-12-36-2)26(35)31-22-6-4-3-5-21(22)27(28,29)30/h3-10,13H,11-12,14-17H2,1-2H3,(H,31,35). The van der Waals surface area contributed by atoms with Gasteiger partial charge < -0.3 is 33.7 Å². The number of hydrogen-bond donors (Lipinski definition) is 1. The van der Waals surface area contributed by atoms with E-state index in [4.69, 9.17) is 18.6 Å². The highest BCUT2D eigenvalue weighted by Crippen LogP contribution is 2.35. The summed E-state index contributed by atoms with van der Waals surface area (Å²) in [4.78, 5) is 29.2. The number of amides is 3. The number of methoxy groups -OCH3 is 1. The molecule has 0 fully saturated rings. The van der Waals surface area contributed by atoms with Gasteiger partial charge in [0, 0.05) is 20.2 Å². The number of aryl methyl sites for hydroxylation is 1. The second-order valence-corrected chi connectivity index (χ2v) is 8.84. The van der Waals surface area contributed by atoms with Gasteiger partial charge in [-0.05, 0) is 48.9 Å². The van der Waals surface area contributed by atoms with E-state index in [0.717, 1.165) is 22.6 Å². The van der Waals surface area contributed by atoms with Gasteiger partial charge in [0.15, 0.2) is 11.5 Å². The number of fused-ring (bicyclic) bond motifs is 1. The molecule has 12 heteroatoms. The molecule has 0 atom stereocenters. The zero-order chi connectivity index (χ0) is 28.0. The van der Waals surface area contributed by atoms with E-state index in [9.17, 15) is 22.8 Å². The summed E-state index contributed by atoms with van der Waals surface area (Å²) in [5, 5.41) is 2.29. The van der Waals surface area contributed by atoms with E-state index < -0.39 is 35.9 Å². The molecule has 0 bridgehead atoms. The topological polar surface area (TPSA) is 93.5 Å². The minimum Gasteiger partial charge on any atom is -0.464 e. The number of benzene rings is 2. The van der Waals surface area contributed by atoms with Crippen LogP contribution in [0.4, 0.5) is 23.7 Å². The van der Waals surface area contributed by atoms with E-state index in [-0.39, 0.29) is 33.0 Å². The Labute approximate surface area is 223 Å². The van der Waals surface area contributed by atoms with E-state index in [1.807, 2.05) is 0 Å². The van der Waals surface area contributed by atoms with Crippen LogP contribution in [0.1, 0.15) is 22.6 Å². The highest BCUT2D eigenvalue weighted by atomic mass is 19.4. The molecule has 3 amide bonds. The smallest absolute Gasteiger partial charge is 0.418 e. The number of hydrogen-bond acceptors (Lipinski definition) is 6. The second-order valence-electron chi connectivity index (χ2n) is 8.84. The first-order chi connectivity index (χ1) is 18.6. The predicted molar refractivity (Wildman–Crippen MR) is 134 cm³/mol. The normalized spacial score (nSPS) is 12.3. The number of nitrogens with zero attached hydrogens (tertiary/aromatic N) is 2. The van der Waals surface area contributed by atoms with Gasteiger partial charge in [-0.15, -0.1) is 0 Å². The Kier molecular flexibility index (Phi) is 8.65. The first-order valence-electron chi connectivity index (χ1n) is 12.1. The van der Waals surface area contributed by atoms with Crippen molar-refractivity contribution in [3.63, 3.8) is 0 Å². The summed E-state index contributed by atoms with van der Waals surface area (Å²) in [5.41, 5.74) is -0.648. The van der Waals surface area contributed by atoms with Gasteiger partial charge in [0.2, 0.25) is 12.7 Å². The van der Waals surface area contributed by atoms with Crippen molar-refractivity contribution in [1.82, 2.24) is 9.80 Å². The fraction of sp³-hybridized carbons (Fsp3) is 0.333. The van der Waals surface area contributed by atoms with E-state index >= 15 is 0 Å². The van der Waals surface area contributed by atoms with Gasteiger partial charge in [0.1, 0.15) is 18.1 Å². The molecule has 208 valence electrons. The number of halogens is 3. The van der Waals surface area contributed by atoms with Crippen molar-refractivity contribution in [2.24, 2.45) is 0 Å². The molecule has 2 aromatic carbocycles. The third-order valence-corrected chi connectivity index (χ3v) is 5.96. The van der Waals surface area contributed by atoms with Crippen molar-refractivity contribution in [3.05, 3.63) is 77.2 Å². The summed E-state index contributed by atoms with van der Waals surface area (Å²) in [6.07, 6.45) is -4.67. The molecule has 1 aliphatic rings. The number of urea groups is 1. The summed E-state index contributed by atoms with van der Waals surface area (Å²) in [6, 6.07) is 12.6. The van der Waals surface area contributed by atoms with Crippen molar-refractivity contribution in [1.29, 1.82) is 0 Å². The zero-order valence-corrected chi connectivity index (χ0v) is 21.4. The molecule has 9 nitrogen and oxygen atoms in total. The molecule has 1 aliphatic heterocycles. The molecule has 4 rings (SSSR count). The van der Waals surface area contributed by atoms with Crippen molar-refractivity contribution >= 4 is 17.6 Å². The minimum absolute atomic E-state index is 0.0278. The predicted octanol–water partition coefficient (Wildman–Crippen LogP) is 5.04. The molecule has 1 N–H and O–H groups in total. The maximum Gasteiger partial charge on any atom is 0.418 e. The van der Waals surface area contributed by atoms with Gasteiger partial charge in [-0.3, -0.25) is 4.79 Å². The quantitative estimate of drug-likeness (QED) is 0.382. The summed E-state index contributed by atoms with van der Waals surface area (Å²) in [6.45, 7) is 1.79. The van der Waals surface area contributed by atoms with E-state index in [2.05, 4.69) is 5.32 Å². The number of carbonyl (C=O) groups is 2. The van der Waals surface area contributed by atoms with E-state index in [0.29, 0.717) is 23.0 Å². The molecule has 1 aromatic heterocycles. The maximum absolute atomic E-state index is 13.5. The van der Waals surface area contributed by atoms with Gasteiger partial charge in [0.05, 0.1) is 24.4 Å². The van der Waals surface area contributed by atoms with E-state index in [1.54, 1.807) is 37.3 Å². The molecule has 2 heterocycles. The van der Waals surface area contributed by atoms with Gasteiger partial charge in [0.25, 0.3) is 0 Å². The fourth-order valence-electron chi connectivity index (χ4n) is 4.00. The van der Waals surface area contributed by atoms with E-state index in [1.165, 1.54) is 24.1 Å². The number of carbonyl (C=O) groups excluding carboxylic acids is 2. The number of para-hydroxylation sites is 1. The molecule has 0 radical (unpaired) electrons. The Morgan fingerprint density at radius 1 is 1.00 bits per heavy atom. The van der Waals surface area contributed by atoms with Crippen LogP contribution in [0.5, 0.6) is 11.5 Å². The van der Waals surface area contributed by atoms with Gasteiger partial charge >= 0.3 is 12.2 Å². The summed E-state index contributed by atoms with van der Waals surface area (Å²) < 4.78 is 61.8. The van der Waals surface area contributed by atoms with Crippen molar-refractivity contribution in [2.45, 2.75) is 26.2 Å². The minimum atomic E-state index is -4.67. The SMILES string of the molecule is COCCN(CC(=O)N(Cc1ccc2c(c1)OCO2)Cc1ccc(C)o1)C(=O)Nc1ccccc1C(F)(F)F. The summed E-state index contributed by atoms with van der Waals surface area (Å²) >= 11 is 0. The second kappa shape index (κ2) is 12.1.